The van der Waals surface area contributed by atoms with Gasteiger partial charge in [-0.1, -0.05) is 11.6 Å². The monoisotopic (exact) mass is 342 g/mol. The van der Waals surface area contributed by atoms with Crippen LogP contribution >= 0.6 is 24.0 Å². The van der Waals surface area contributed by atoms with Crippen LogP contribution < -0.4 is 5.32 Å². The Balaban J connectivity index is 0.00000200. The van der Waals surface area contributed by atoms with Gasteiger partial charge in [-0.25, -0.2) is 12.8 Å². The molecule has 0 spiro atoms. The molecule has 1 aromatic carbocycles. The first-order valence-electron chi connectivity index (χ1n) is 6.07. The van der Waals surface area contributed by atoms with E-state index in [4.69, 9.17) is 11.6 Å². The zero-order valence-electron chi connectivity index (χ0n) is 11.0. The van der Waals surface area contributed by atoms with E-state index in [-0.39, 0.29) is 28.4 Å². The molecule has 0 saturated carbocycles. The molecular weight excluding hydrogens is 326 g/mol. The maximum absolute atomic E-state index is 13.8. The largest absolute Gasteiger partial charge is 0.317 e. The maximum atomic E-state index is 13.8. The van der Waals surface area contributed by atoms with E-state index < -0.39 is 15.8 Å². The van der Waals surface area contributed by atoms with E-state index >= 15 is 0 Å². The highest BCUT2D eigenvalue weighted by Gasteiger charge is 2.30. The molecule has 2 rings (SSSR count). The summed E-state index contributed by atoms with van der Waals surface area (Å²) >= 11 is 5.64. The minimum absolute atomic E-state index is 0. The molecule has 0 atom stereocenters. The van der Waals surface area contributed by atoms with Gasteiger partial charge in [0.05, 0.1) is 0 Å². The third-order valence-electron chi connectivity index (χ3n) is 3.37. The molecule has 0 unspecified atom stereocenters. The van der Waals surface area contributed by atoms with Crippen molar-refractivity contribution in [2.24, 2.45) is 0 Å². The average molecular weight is 343 g/mol. The summed E-state index contributed by atoms with van der Waals surface area (Å²) in [7, 11) is -2.31. The molecule has 0 bridgehead atoms. The van der Waals surface area contributed by atoms with Crippen molar-refractivity contribution in [1.29, 1.82) is 0 Å². The summed E-state index contributed by atoms with van der Waals surface area (Å²) in [6, 6.07) is 3.52. The molecule has 1 aliphatic heterocycles. The van der Waals surface area contributed by atoms with Crippen molar-refractivity contribution < 1.29 is 12.8 Å². The van der Waals surface area contributed by atoms with Gasteiger partial charge in [0.2, 0.25) is 10.0 Å². The molecule has 1 heterocycles. The van der Waals surface area contributed by atoms with Crippen LogP contribution in [0.1, 0.15) is 12.8 Å². The molecule has 0 radical (unpaired) electrons. The quantitative estimate of drug-likeness (QED) is 0.916. The van der Waals surface area contributed by atoms with Crippen molar-refractivity contribution in [1.82, 2.24) is 9.62 Å². The minimum Gasteiger partial charge on any atom is -0.317 e. The van der Waals surface area contributed by atoms with Crippen LogP contribution in [0.25, 0.3) is 0 Å². The Bertz CT molecular complexity index is 563. The second-order valence-electron chi connectivity index (χ2n) is 4.58. The Morgan fingerprint density at radius 3 is 2.50 bits per heavy atom. The Kier molecular flexibility index (Phi) is 6.22. The molecule has 0 aliphatic carbocycles. The number of hydrogen-bond donors (Lipinski definition) is 1. The molecule has 0 amide bonds. The Hall–Kier alpha value is -0.400. The zero-order valence-corrected chi connectivity index (χ0v) is 13.4. The first kappa shape index (κ1) is 17.7. The Labute approximate surface area is 129 Å². The number of benzene rings is 1. The van der Waals surface area contributed by atoms with E-state index in [1.165, 1.54) is 23.5 Å². The summed E-state index contributed by atoms with van der Waals surface area (Å²) in [5.74, 6) is -0.812. The first-order valence-corrected chi connectivity index (χ1v) is 7.88. The number of sulfonamides is 1. The maximum Gasteiger partial charge on any atom is 0.245 e. The normalized spacial score (nSPS) is 17.0. The van der Waals surface area contributed by atoms with Crippen LogP contribution in [0.5, 0.6) is 0 Å². The molecular formula is C12H17Cl2FN2O2S. The molecule has 1 aliphatic rings. The fourth-order valence-electron chi connectivity index (χ4n) is 2.21. The van der Waals surface area contributed by atoms with Gasteiger partial charge in [0, 0.05) is 18.1 Å². The SMILES string of the molecule is CN(C1CCNCC1)S(=O)(=O)c1ccc(Cl)cc1F.Cl. The average Bonchev–Trinajstić information content (AvgIpc) is 2.38. The van der Waals surface area contributed by atoms with E-state index in [1.54, 1.807) is 0 Å². The molecule has 114 valence electrons. The van der Waals surface area contributed by atoms with E-state index in [2.05, 4.69) is 5.32 Å². The van der Waals surface area contributed by atoms with Gasteiger partial charge < -0.3 is 5.32 Å². The summed E-state index contributed by atoms with van der Waals surface area (Å²) in [6.45, 7) is 1.54. The van der Waals surface area contributed by atoms with Gasteiger partial charge in [-0.2, -0.15) is 4.31 Å². The Morgan fingerprint density at radius 1 is 1.35 bits per heavy atom. The first-order chi connectivity index (χ1) is 8.93. The van der Waals surface area contributed by atoms with Gasteiger partial charge >= 0.3 is 0 Å². The number of piperidine rings is 1. The standard InChI is InChI=1S/C12H16ClFN2O2S.ClH/c1-16(10-4-6-15-7-5-10)19(17,18)12-3-2-9(13)8-11(12)14;/h2-3,8,10,15H,4-7H2,1H3;1H. The van der Waals surface area contributed by atoms with Gasteiger partial charge in [-0.05, 0) is 44.1 Å². The summed E-state index contributed by atoms with van der Waals surface area (Å²) in [5, 5.41) is 3.35. The number of halogens is 3. The van der Waals surface area contributed by atoms with Gasteiger partial charge in [-0.15, -0.1) is 12.4 Å². The lowest BCUT2D eigenvalue weighted by atomic mass is 10.1. The van der Waals surface area contributed by atoms with Gasteiger partial charge in [0.25, 0.3) is 0 Å². The number of nitrogens with one attached hydrogen (secondary N) is 1. The molecule has 20 heavy (non-hydrogen) atoms. The third-order valence-corrected chi connectivity index (χ3v) is 5.55. The number of rotatable bonds is 3. The summed E-state index contributed by atoms with van der Waals surface area (Å²) in [6.07, 6.45) is 1.45. The molecule has 1 fully saturated rings. The zero-order chi connectivity index (χ0) is 14.0. The smallest absolute Gasteiger partial charge is 0.245 e. The van der Waals surface area contributed by atoms with E-state index in [9.17, 15) is 12.8 Å². The van der Waals surface area contributed by atoms with Crippen LogP contribution in [0, 0.1) is 5.82 Å². The fourth-order valence-corrected chi connectivity index (χ4v) is 3.82. The molecule has 1 saturated heterocycles. The lowest BCUT2D eigenvalue weighted by molar-refractivity contribution is 0.295. The fraction of sp³-hybridized carbons (Fsp3) is 0.500. The van der Waals surface area contributed by atoms with Gasteiger partial charge in [-0.3, -0.25) is 0 Å². The van der Waals surface area contributed by atoms with Crippen molar-refractivity contribution in [3.8, 4) is 0 Å². The lowest BCUT2D eigenvalue weighted by Crippen LogP contribution is -2.44. The van der Waals surface area contributed by atoms with Crippen molar-refractivity contribution in [2.45, 2.75) is 23.8 Å². The van der Waals surface area contributed by atoms with Crippen LogP contribution in [-0.2, 0) is 10.0 Å². The Morgan fingerprint density at radius 2 is 1.95 bits per heavy atom. The summed E-state index contributed by atoms with van der Waals surface area (Å²) < 4.78 is 39.8. The van der Waals surface area contributed by atoms with Crippen LogP contribution in [0.3, 0.4) is 0 Å². The number of nitrogens with zero attached hydrogens (tertiary/aromatic N) is 1. The predicted molar refractivity (Wildman–Crippen MR) is 79.5 cm³/mol. The van der Waals surface area contributed by atoms with E-state index in [0.29, 0.717) is 0 Å². The van der Waals surface area contributed by atoms with Crippen molar-refractivity contribution >= 4 is 34.0 Å². The van der Waals surface area contributed by atoms with Crippen LogP contribution in [0.15, 0.2) is 23.1 Å². The summed E-state index contributed by atoms with van der Waals surface area (Å²) in [5.41, 5.74) is 0. The van der Waals surface area contributed by atoms with E-state index in [0.717, 1.165) is 32.0 Å². The highest BCUT2D eigenvalue weighted by atomic mass is 35.5. The highest BCUT2D eigenvalue weighted by Crippen LogP contribution is 2.24. The van der Waals surface area contributed by atoms with Gasteiger partial charge in [0.15, 0.2) is 0 Å². The van der Waals surface area contributed by atoms with Crippen LogP contribution in [-0.4, -0.2) is 38.9 Å². The lowest BCUT2D eigenvalue weighted by Gasteiger charge is -2.30. The van der Waals surface area contributed by atoms with Crippen molar-refractivity contribution in [3.63, 3.8) is 0 Å². The predicted octanol–water partition coefficient (Wildman–Crippen LogP) is 2.27. The minimum atomic E-state index is -3.81. The second kappa shape index (κ2) is 7.04. The second-order valence-corrected chi connectivity index (χ2v) is 6.98. The van der Waals surface area contributed by atoms with E-state index in [1.807, 2.05) is 0 Å². The van der Waals surface area contributed by atoms with Crippen LogP contribution in [0.4, 0.5) is 4.39 Å². The topological polar surface area (TPSA) is 49.4 Å². The molecule has 0 aromatic heterocycles. The molecule has 8 heteroatoms. The number of hydrogen-bond acceptors (Lipinski definition) is 3. The van der Waals surface area contributed by atoms with Crippen molar-refractivity contribution in [2.75, 3.05) is 20.1 Å². The molecule has 4 nitrogen and oxygen atoms in total. The highest BCUT2D eigenvalue weighted by molar-refractivity contribution is 7.89. The van der Waals surface area contributed by atoms with Crippen LogP contribution in [0.2, 0.25) is 5.02 Å². The summed E-state index contributed by atoms with van der Waals surface area (Å²) in [4.78, 5) is -0.321. The molecule has 1 N–H and O–H groups in total. The molecule has 1 aromatic rings. The third kappa shape index (κ3) is 3.62. The van der Waals surface area contributed by atoms with Gasteiger partial charge in [0.1, 0.15) is 10.7 Å². The van der Waals surface area contributed by atoms with Crippen molar-refractivity contribution in [3.05, 3.63) is 29.0 Å².